The van der Waals surface area contributed by atoms with Gasteiger partial charge in [0, 0.05) is 22.0 Å². The molecule has 14 rings (SSSR count). The standard InChI is InChI=1S/C63H39NO/c1-2-16-42-37-45(32-31-40(42)15-1)53-39-44-18-4-3-17-43(44)38-52(53)41-33-35-46(36-34-41)64(59-29-13-23-50-49-21-8-12-30-60(49)65-62(50)59)58-28-14-27-57-61(58)51-22-7-11-26-56(51)63(57)54-24-9-5-19-47(54)48-20-6-10-25-55(48)63/h1-39H. The highest BCUT2D eigenvalue weighted by Gasteiger charge is 2.52. The lowest BCUT2D eigenvalue weighted by molar-refractivity contribution is 0.669. The molecule has 2 nitrogen and oxygen atoms in total. The molecule has 2 aliphatic carbocycles. The van der Waals surface area contributed by atoms with E-state index in [4.69, 9.17) is 4.42 Å². The van der Waals surface area contributed by atoms with Crippen molar-refractivity contribution in [2.75, 3.05) is 4.90 Å². The van der Waals surface area contributed by atoms with Crippen molar-refractivity contribution in [2.24, 2.45) is 0 Å². The summed E-state index contributed by atoms with van der Waals surface area (Å²) in [5.41, 5.74) is 19.6. The van der Waals surface area contributed by atoms with Crippen molar-refractivity contribution in [3.8, 4) is 44.5 Å². The lowest BCUT2D eigenvalue weighted by Crippen LogP contribution is -2.26. The van der Waals surface area contributed by atoms with Gasteiger partial charge in [0.2, 0.25) is 0 Å². The lowest BCUT2D eigenvalue weighted by Gasteiger charge is -2.31. The molecule has 1 aromatic heterocycles. The predicted octanol–water partition coefficient (Wildman–Crippen LogP) is 17.0. The Bertz CT molecular complexity index is 3860. The molecule has 11 aromatic carbocycles. The Morgan fingerprint density at radius 3 is 1.55 bits per heavy atom. The molecular weight excluding hydrogens is 787 g/mol. The van der Waals surface area contributed by atoms with Gasteiger partial charge in [0.15, 0.2) is 5.58 Å². The molecule has 302 valence electrons. The van der Waals surface area contributed by atoms with Crippen molar-refractivity contribution in [1.82, 2.24) is 0 Å². The molecule has 0 amide bonds. The van der Waals surface area contributed by atoms with Gasteiger partial charge in [0.25, 0.3) is 0 Å². The maximum atomic E-state index is 6.87. The molecule has 2 aliphatic rings. The van der Waals surface area contributed by atoms with E-state index in [-0.39, 0.29) is 0 Å². The van der Waals surface area contributed by atoms with Gasteiger partial charge in [0.05, 0.1) is 16.8 Å². The Hall–Kier alpha value is -8.46. The zero-order chi connectivity index (χ0) is 42.6. The normalized spacial score (nSPS) is 13.0. The fourth-order valence-electron chi connectivity index (χ4n) is 11.5. The summed E-state index contributed by atoms with van der Waals surface area (Å²) in [6, 6.07) is 87.1. The van der Waals surface area contributed by atoms with Crippen molar-refractivity contribution in [3.05, 3.63) is 259 Å². The fourth-order valence-corrected chi connectivity index (χ4v) is 11.5. The van der Waals surface area contributed by atoms with E-state index >= 15 is 0 Å². The van der Waals surface area contributed by atoms with Crippen LogP contribution in [-0.2, 0) is 5.41 Å². The molecule has 12 aromatic rings. The van der Waals surface area contributed by atoms with Crippen molar-refractivity contribution in [2.45, 2.75) is 5.41 Å². The minimum atomic E-state index is -0.467. The summed E-state index contributed by atoms with van der Waals surface area (Å²) in [7, 11) is 0. The summed E-state index contributed by atoms with van der Waals surface area (Å²) in [6.07, 6.45) is 0. The van der Waals surface area contributed by atoms with Crippen LogP contribution in [0.15, 0.2) is 241 Å². The highest BCUT2D eigenvalue weighted by atomic mass is 16.3. The zero-order valence-electron chi connectivity index (χ0n) is 35.4. The largest absolute Gasteiger partial charge is 0.454 e. The lowest BCUT2D eigenvalue weighted by atomic mass is 9.70. The molecule has 1 heterocycles. The van der Waals surface area contributed by atoms with Gasteiger partial charge in [-0.15, -0.1) is 0 Å². The molecule has 0 saturated carbocycles. The highest BCUT2D eigenvalue weighted by molar-refractivity contribution is 6.11. The van der Waals surface area contributed by atoms with E-state index in [1.54, 1.807) is 0 Å². The Balaban J connectivity index is 1.01. The second-order valence-corrected chi connectivity index (χ2v) is 17.5. The first-order valence-electron chi connectivity index (χ1n) is 22.5. The molecule has 65 heavy (non-hydrogen) atoms. The van der Waals surface area contributed by atoms with E-state index in [1.165, 1.54) is 82.7 Å². The van der Waals surface area contributed by atoms with Crippen molar-refractivity contribution < 1.29 is 4.42 Å². The van der Waals surface area contributed by atoms with E-state index in [9.17, 15) is 0 Å². The molecular formula is C63H39NO. The molecule has 0 saturated heterocycles. The monoisotopic (exact) mass is 825 g/mol. The first-order chi connectivity index (χ1) is 32.2. The maximum Gasteiger partial charge on any atom is 0.159 e. The van der Waals surface area contributed by atoms with Gasteiger partial charge in [-0.2, -0.15) is 0 Å². The third-order valence-corrected chi connectivity index (χ3v) is 14.2. The zero-order valence-corrected chi connectivity index (χ0v) is 35.4. The summed E-state index contributed by atoms with van der Waals surface area (Å²) >= 11 is 0. The van der Waals surface area contributed by atoms with E-state index in [0.29, 0.717) is 0 Å². The molecule has 0 fully saturated rings. The Labute approximate surface area is 376 Å². The number of nitrogens with zero attached hydrogens (tertiary/aromatic N) is 1. The summed E-state index contributed by atoms with van der Waals surface area (Å²) in [6.45, 7) is 0. The van der Waals surface area contributed by atoms with Gasteiger partial charge in [-0.1, -0.05) is 188 Å². The maximum absolute atomic E-state index is 6.87. The van der Waals surface area contributed by atoms with Crippen LogP contribution in [0.5, 0.6) is 0 Å². The number of rotatable bonds is 5. The van der Waals surface area contributed by atoms with Crippen LogP contribution in [-0.4, -0.2) is 0 Å². The Morgan fingerprint density at radius 1 is 0.323 bits per heavy atom. The molecule has 2 heteroatoms. The quantitative estimate of drug-likeness (QED) is 0.172. The third kappa shape index (κ3) is 5.11. The van der Waals surface area contributed by atoms with Crippen LogP contribution in [0.25, 0.3) is 88.0 Å². The SMILES string of the molecule is c1ccc2c(c1)-c1ccccc1C21c2ccccc2-c2c(N(c3ccc(-c4cc5ccccc5cc4-c4ccc5ccccc5c4)cc3)c3cccc4c3oc3ccccc34)cccc21. The van der Waals surface area contributed by atoms with Crippen LogP contribution in [0.1, 0.15) is 22.3 Å². The first-order valence-corrected chi connectivity index (χ1v) is 22.5. The first kappa shape index (κ1) is 36.1. The van der Waals surface area contributed by atoms with Crippen LogP contribution < -0.4 is 4.90 Å². The van der Waals surface area contributed by atoms with Gasteiger partial charge >= 0.3 is 0 Å². The molecule has 0 atom stereocenters. The second-order valence-electron chi connectivity index (χ2n) is 17.5. The van der Waals surface area contributed by atoms with Gasteiger partial charge in [-0.3, -0.25) is 0 Å². The summed E-state index contributed by atoms with van der Waals surface area (Å²) in [5, 5.41) is 7.13. The van der Waals surface area contributed by atoms with E-state index in [1.807, 2.05) is 0 Å². The molecule has 0 bridgehead atoms. The van der Waals surface area contributed by atoms with Crippen LogP contribution in [0.4, 0.5) is 17.1 Å². The summed E-state index contributed by atoms with van der Waals surface area (Å²) < 4.78 is 6.87. The minimum absolute atomic E-state index is 0.467. The average Bonchev–Trinajstić information content (AvgIpc) is 4.01. The Morgan fingerprint density at radius 2 is 0.831 bits per heavy atom. The van der Waals surface area contributed by atoms with Crippen molar-refractivity contribution >= 4 is 60.5 Å². The topological polar surface area (TPSA) is 16.4 Å². The Kier molecular flexibility index (Phi) is 7.64. The molecule has 0 N–H and O–H groups in total. The second kappa shape index (κ2) is 13.8. The van der Waals surface area contributed by atoms with Gasteiger partial charge in [-0.25, -0.2) is 0 Å². The van der Waals surface area contributed by atoms with E-state index in [2.05, 4.69) is 241 Å². The van der Waals surface area contributed by atoms with Crippen LogP contribution in [0.2, 0.25) is 0 Å². The number of furan rings is 1. The third-order valence-electron chi connectivity index (χ3n) is 14.2. The summed E-state index contributed by atoms with van der Waals surface area (Å²) in [5.74, 6) is 0. The minimum Gasteiger partial charge on any atom is -0.454 e. The van der Waals surface area contributed by atoms with Crippen LogP contribution in [0.3, 0.4) is 0 Å². The number of para-hydroxylation sites is 2. The molecule has 0 aliphatic heterocycles. The molecule has 0 radical (unpaired) electrons. The number of fused-ring (bicyclic) bond motifs is 15. The number of benzene rings is 11. The van der Waals surface area contributed by atoms with Gasteiger partial charge < -0.3 is 9.32 Å². The predicted molar refractivity (Wildman–Crippen MR) is 271 cm³/mol. The van der Waals surface area contributed by atoms with Crippen LogP contribution >= 0.6 is 0 Å². The van der Waals surface area contributed by atoms with Crippen molar-refractivity contribution in [1.29, 1.82) is 0 Å². The molecule has 1 spiro atoms. The number of hydrogen-bond acceptors (Lipinski definition) is 2. The summed E-state index contributed by atoms with van der Waals surface area (Å²) in [4.78, 5) is 2.44. The van der Waals surface area contributed by atoms with E-state index < -0.39 is 5.41 Å². The fraction of sp³-hybridized carbons (Fsp3) is 0.0159. The number of anilines is 3. The van der Waals surface area contributed by atoms with Gasteiger partial charge in [0.1, 0.15) is 5.58 Å². The van der Waals surface area contributed by atoms with Crippen LogP contribution in [0, 0.1) is 0 Å². The van der Waals surface area contributed by atoms with Crippen molar-refractivity contribution in [3.63, 3.8) is 0 Å². The molecule has 0 unspecified atom stereocenters. The van der Waals surface area contributed by atoms with E-state index in [0.717, 1.165) is 44.6 Å². The number of hydrogen-bond donors (Lipinski definition) is 0. The van der Waals surface area contributed by atoms with Gasteiger partial charge in [-0.05, 0) is 131 Å². The smallest absolute Gasteiger partial charge is 0.159 e. The highest BCUT2D eigenvalue weighted by Crippen LogP contribution is 2.65. The average molecular weight is 826 g/mol.